The van der Waals surface area contributed by atoms with Crippen LogP contribution < -0.4 is 5.73 Å². The van der Waals surface area contributed by atoms with Crippen LogP contribution in [0, 0.1) is 11.8 Å². The Bertz CT molecular complexity index is 652. The largest absolute Gasteiger partial charge is 0.376 e. The lowest BCUT2D eigenvalue weighted by Crippen LogP contribution is -2.56. The smallest absolute Gasteiger partial charge is 0.252 e. The van der Waals surface area contributed by atoms with Crippen LogP contribution in [0.25, 0.3) is 0 Å². The molecule has 26 heavy (non-hydrogen) atoms. The third kappa shape index (κ3) is 4.50. The van der Waals surface area contributed by atoms with Gasteiger partial charge in [0, 0.05) is 12.6 Å². The van der Waals surface area contributed by atoms with Gasteiger partial charge in [-0.2, -0.15) is 4.31 Å². The Kier molecular flexibility index (Phi) is 6.78. The van der Waals surface area contributed by atoms with Crippen molar-refractivity contribution in [2.45, 2.75) is 74.8 Å². The van der Waals surface area contributed by atoms with Crippen molar-refractivity contribution in [3.05, 3.63) is 17.5 Å². The van der Waals surface area contributed by atoms with Gasteiger partial charge in [-0.05, 0) is 61.8 Å². The number of piperidine rings is 1. The summed E-state index contributed by atoms with van der Waals surface area (Å²) in [6.45, 7) is 5.52. The lowest BCUT2D eigenvalue weighted by atomic mass is 9.80. The fourth-order valence-corrected chi connectivity index (χ4v) is 7.06. The topological polar surface area (TPSA) is 72.6 Å². The van der Waals surface area contributed by atoms with Crippen LogP contribution in [0.3, 0.4) is 0 Å². The highest BCUT2D eigenvalue weighted by Gasteiger charge is 2.38. The van der Waals surface area contributed by atoms with Crippen molar-refractivity contribution >= 4 is 21.4 Å². The van der Waals surface area contributed by atoms with Crippen molar-refractivity contribution in [3.63, 3.8) is 0 Å². The molecule has 2 heterocycles. The highest BCUT2D eigenvalue weighted by atomic mass is 32.2. The lowest BCUT2D eigenvalue weighted by Gasteiger charge is -2.39. The van der Waals surface area contributed by atoms with Crippen molar-refractivity contribution in [2.75, 3.05) is 13.2 Å². The van der Waals surface area contributed by atoms with Crippen LogP contribution in [0.4, 0.5) is 0 Å². The Hall–Kier alpha value is -0.470. The predicted molar refractivity (Wildman–Crippen MR) is 106 cm³/mol. The lowest BCUT2D eigenvalue weighted by molar-refractivity contribution is -0.0161. The standard InChI is InChI=1S/C19H32N2O3S2/c1-14(2)15-7-9-16(10-8-15)24-13-18-17(20)5-3-11-21(18)26(22,23)19-6-4-12-25-19/h4,6,12,14-18H,3,5,7-11,13,20H2,1-2H3/t15-,16+,17-,18-/m0/s1. The summed E-state index contributed by atoms with van der Waals surface area (Å²) in [5.41, 5.74) is 6.31. The van der Waals surface area contributed by atoms with E-state index >= 15 is 0 Å². The van der Waals surface area contributed by atoms with Gasteiger partial charge in [-0.3, -0.25) is 0 Å². The van der Waals surface area contributed by atoms with Crippen LogP contribution in [-0.2, 0) is 14.8 Å². The molecule has 0 aromatic carbocycles. The van der Waals surface area contributed by atoms with E-state index in [2.05, 4.69) is 13.8 Å². The molecule has 1 aliphatic heterocycles. The molecule has 3 rings (SSSR count). The normalized spacial score (nSPS) is 31.4. The second-order valence-electron chi connectivity index (χ2n) is 8.04. The highest BCUT2D eigenvalue weighted by Crippen LogP contribution is 2.32. The quantitative estimate of drug-likeness (QED) is 0.794. The van der Waals surface area contributed by atoms with Crippen LogP contribution in [-0.4, -0.2) is 44.1 Å². The summed E-state index contributed by atoms with van der Waals surface area (Å²) in [5.74, 6) is 1.52. The number of sulfonamides is 1. The van der Waals surface area contributed by atoms with Crippen molar-refractivity contribution in [3.8, 4) is 0 Å². The van der Waals surface area contributed by atoms with Crippen molar-refractivity contribution in [2.24, 2.45) is 17.6 Å². The summed E-state index contributed by atoms with van der Waals surface area (Å²) >= 11 is 1.26. The van der Waals surface area contributed by atoms with Gasteiger partial charge in [-0.25, -0.2) is 8.42 Å². The van der Waals surface area contributed by atoms with Gasteiger partial charge in [-0.15, -0.1) is 11.3 Å². The molecule has 1 aliphatic carbocycles. The summed E-state index contributed by atoms with van der Waals surface area (Å²) in [5, 5.41) is 1.80. The molecule has 148 valence electrons. The van der Waals surface area contributed by atoms with Gasteiger partial charge < -0.3 is 10.5 Å². The molecule has 0 spiro atoms. The van der Waals surface area contributed by atoms with Crippen LogP contribution in [0.2, 0.25) is 0 Å². The van der Waals surface area contributed by atoms with Crippen molar-refractivity contribution in [1.29, 1.82) is 0 Å². The molecule has 1 saturated heterocycles. The monoisotopic (exact) mass is 400 g/mol. The first-order valence-electron chi connectivity index (χ1n) is 9.82. The molecule has 1 saturated carbocycles. The summed E-state index contributed by atoms with van der Waals surface area (Å²) < 4.78 is 34.2. The summed E-state index contributed by atoms with van der Waals surface area (Å²) in [4.78, 5) is 0. The number of hydrogen-bond donors (Lipinski definition) is 1. The maximum atomic E-state index is 13.0. The fraction of sp³-hybridized carbons (Fsp3) is 0.789. The molecule has 0 unspecified atom stereocenters. The minimum atomic E-state index is -3.48. The maximum absolute atomic E-state index is 13.0. The van der Waals surface area contributed by atoms with E-state index in [9.17, 15) is 8.42 Å². The molecule has 1 aromatic heterocycles. The molecule has 2 atom stereocenters. The van der Waals surface area contributed by atoms with Crippen molar-refractivity contribution in [1.82, 2.24) is 4.31 Å². The van der Waals surface area contributed by atoms with Crippen LogP contribution in [0.5, 0.6) is 0 Å². The molecule has 0 radical (unpaired) electrons. The first-order valence-corrected chi connectivity index (χ1v) is 12.1. The van der Waals surface area contributed by atoms with Crippen LogP contribution >= 0.6 is 11.3 Å². The van der Waals surface area contributed by atoms with E-state index in [1.807, 2.05) is 0 Å². The summed E-state index contributed by atoms with van der Waals surface area (Å²) in [6.07, 6.45) is 6.45. The molecule has 0 amide bonds. The number of thiophene rings is 1. The molecule has 2 N–H and O–H groups in total. The average Bonchev–Trinajstić information content (AvgIpc) is 3.16. The zero-order valence-electron chi connectivity index (χ0n) is 15.8. The molecule has 7 heteroatoms. The third-order valence-corrected chi connectivity index (χ3v) is 9.30. The van der Waals surface area contributed by atoms with E-state index in [4.69, 9.17) is 10.5 Å². The molecular weight excluding hydrogens is 368 g/mol. The van der Waals surface area contributed by atoms with Gasteiger partial charge >= 0.3 is 0 Å². The minimum Gasteiger partial charge on any atom is -0.376 e. The zero-order valence-corrected chi connectivity index (χ0v) is 17.5. The van der Waals surface area contributed by atoms with E-state index in [1.165, 1.54) is 24.2 Å². The predicted octanol–water partition coefficient (Wildman–Crippen LogP) is 3.46. The van der Waals surface area contributed by atoms with Gasteiger partial charge in [0.15, 0.2) is 0 Å². The minimum absolute atomic E-state index is 0.162. The Balaban J connectivity index is 1.63. The van der Waals surface area contributed by atoms with Gasteiger partial charge in [0.1, 0.15) is 4.21 Å². The molecule has 2 aliphatic rings. The first kappa shape index (κ1) is 20.3. The van der Waals surface area contributed by atoms with Gasteiger partial charge in [-0.1, -0.05) is 19.9 Å². The van der Waals surface area contributed by atoms with E-state index in [1.54, 1.807) is 21.8 Å². The number of ether oxygens (including phenoxy) is 1. The summed E-state index contributed by atoms with van der Waals surface area (Å²) in [6, 6.07) is 3.02. The Morgan fingerprint density at radius 1 is 1.27 bits per heavy atom. The first-order chi connectivity index (χ1) is 12.4. The molecular formula is C19H32N2O3S2. The summed E-state index contributed by atoms with van der Waals surface area (Å²) in [7, 11) is -3.48. The zero-order chi connectivity index (χ0) is 18.7. The van der Waals surface area contributed by atoms with E-state index < -0.39 is 10.0 Å². The Labute approximate surface area is 162 Å². The Morgan fingerprint density at radius 2 is 2.00 bits per heavy atom. The van der Waals surface area contributed by atoms with E-state index in [0.29, 0.717) is 17.4 Å². The van der Waals surface area contributed by atoms with E-state index in [-0.39, 0.29) is 18.2 Å². The highest BCUT2D eigenvalue weighted by molar-refractivity contribution is 7.91. The second-order valence-corrected chi connectivity index (χ2v) is 11.1. The molecule has 1 aromatic rings. The van der Waals surface area contributed by atoms with E-state index in [0.717, 1.165) is 37.5 Å². The fourth-order valence-electron chi connectivity index (χ4n) is 4.24. The number of nitrogens with zero attached hydrogens (tertiary/aromatic N) is 1. The number of rotatable bonds is 6. The number of hydrogen-bond acceptors (Lipinski definition) is 5. The molecule has 2 fully saturated rings. The molecule has 0 bridgehead atoms. The van der Waals surface area contributed by atoms with Gasteiger partial charge in [0.2, 0.25) is 0 Å². The second kappa shape index (κ2) is 8.69. The maximum Gasteiger partial charge on any atom is 0.252 e. The Morgan fingerprint density at radius 3 is 2.62 bits per heavy atom. The van der Waals surface area contributed by atoms with Gasteiger partial charge in [0.25, 0.3) is 10.0 Å². The third-order valence-electron chi connectivity index (χ3n) is 6.00. The van der Waals surface area contributed by atoms with Crippen LogP contribution in [0.1, 0.15) is 52.4 Å². The van der Waals surface area contributed by atoms with Gasteiger partial charge in [0.05, 0.1) is 18.8 Å². The number of nitrogens with two attached hydrogens (primary N) is 1. The SMILES string of the molecule is CC(C)[C@H]1CC[C@@H](OC[C@H]2[C@@H](N)CCCN2S(=O)(=O)c2cccs2)CC1. The molecule has 5 nitrogen and oxygen atoms in total. The van der Waals surface area contributed by atoms with Crippen LogP contribution in [0.15, 0.2) is 21.7 Å². The average molecular weight is 401 g/mol. The van der Waals surface area contributed by atoms with Crippen molar-refractivity contribution < 1.29 is 13.2 Å².